The van der Waals surface area contributed by atoms with Crippen LogP contribution in [-0.2, 0) is 16.0 Å². The summed E-state index contributed by atoms with van der Waals surface area (Å²) < 4.78 is 5.40. The number of nitrogens with one attached hydrogen (secondary N) is 2. The van der Waals surface area contributed by atoms with Gasteiger partial charge in [0, 0.05) is 29.4 Å². The minimum absolute atomic E-state index is 0.200. The fraction of sp³-hybridized carbons (Fsp3) is 0.160. The highest BCUT2D eigenvalue weighted by Crippen LogP contribution is 2.35. The second kappa shape index (κ2) is 9.29. The van der Waals surface area contributed by atoms with E-state index in [1.54, 1.807) is 0 Å². The van der Waals surface area contributed by atoms with E-state index in [2.05, 4.69) is 22.4 Å². The molecule has 30 heavy (non-hydrogen) atoms. The number of hydrogen-bond donors (Lipinski definition) is 3. The van der Waals surface area contributed by atoms with Crippen molar-refractivity contribution in [2.75, 3.05) is 18.5 Å². The number of benzene rings is 3. The van der Waals surface area contributed by atoms with Gasteiger partial charge >= 0.3 is 5.97 Å². The summed E-state index contributed by atoms with van der Waals surface area (Å²) in [6.45, 7) is 0.497. The van der Waals surface area contributed by atoms with Crippen molar-refractivity contribution in [3.63, 3.8) is 0 Å². The maximum absolute atomic E-state index is 12.9. The molecule has 0 fully saturated rings. The first-order valence-corrected chi connectivity index (χ1v) is 10.1. The van der Waals surface area contributed by atoms with E-state index in [1.807, 2.05) is 72.8 Å². The molecule has 152 valence electrons. The summed E-state index contributed by atoms with van der Waals surface area (Å²) in [5, 5.41) is 4.51. The summed E-state index contributed by atoms with van der Waals surface area (Å²) in [5.41, 5.74) is 10.5. The average molecular weight is 399 g/mol. The maximum atomic E-state index is 12.9. The molecule has 1 heterocycles. The molecule has 0 unspecified atom stereocenters. The fourth-order valence-electron chi connectivity index (χ4n) is 3.59. The summed E-state index contributed by atoms with van der Waals surface area (Å²) in [7, 11) is 0. The molecule has 0 saturated carbocycles. The summed E-state index contributed by atoms with van der Waals surface area (Å²) in [4.78, 5) is 16.4. The number of para-hydroxylation sites is 1. The number of carbonyl (C=O) groups is 1. The van der Waals surface area contributed by atoms with E-state index in [4.69, 9.17) is 10.5 Å². The molecular weight excluding hydrogens is 374 g/mol. The van der Waals surface area contributed by atoms with Gasteiger partial charge in [-0.25, -0.2) is 4.79 Å². The van der Waals surface area contributed by atoms with Crippen LogP contribution in [-0.4, -0.2) is 30.1 Å². The van der Waals surface area contributed by atoms with Crippen LogP contribution >= 0.6 is 0 Å². The zero-order valence-electron chi connectivity index (χ0n) is 16.7. The molecule has 0 aliphatic rings. The first-order valence-electron chi connectivity index (χ1n) is 10.1. The number of rotatable bonds is 8. The lowest BCUT2D eigenvalue weighted by atomic mass is 10.0. The Balaban J connectivity index is 1.73. The molecular formula is C25H25N3O2. The Hall–Kier alpha value is -3.57. The summed E-state index contributed by atoms with van der Waals surface area (Å²) in [6, 6.07) is 27.6. The number of anilines is 1. The lowest BCUT2D eigenvalue weighted by Crippen LogP contribution is -2.34. The van der Waals surface area contributed by atoms with Crippen molar-refractivity contribution in [3.05, 3.63) is 90.5 Å². The van der Waals surface area contributed by atoms with Crippen molar-refractivity contribution in [1.82, 2.24) is 4.98 Å². The van der Waals surface area contributed by atoms with Crippen molar-refractivity contribution < 1.29 is 9.53 Å². The molecule has 0 aliphatic carbocycles. The fourth-order valence-corrected chi connectivity index (χ4v) is 3.59. The lowest BCUT2D eigenvalue weighted by molar-refractivity contribution is -0.144. The Bertz CT molecular complexity index is 1110. The van der Waals surface area contributed by atoms with Crippen LogP contribution in [0.15, 0.2) is 84.9 Å². The van der Waals surface area contributed by atoms with Gasteiger partial charge in [0.15, 0.2) is 0 Å². The Morgan fingerprint density at radius 3 is 2.33 bits per heavy atom. The minimum Gasteiger partial charge on any atom is -0.463 e. The second-order valence-electron chi connectivity index (χ2n) is 7.13. The molecule has 1 atom stereocenters. The summed E-state index contributed by atoms with van der Waals surface area (Å²) >= 11 is 0. The quantitative estimate of drug-likeness (QED) is 0.385. The van der Waals surface area contributed by atoms with Crippen LogP contribution < -0.4 is 11.1 Å². The summed E-state index contributed by atoms with van der Waals surface area (Å²) in [5.74, 6) is -0.311. The number of H-pyrrole nitrogens is 1. The number of hydrogen-bond acceptors (Lipinski definition) is 4. The van der Waals surface area contributed by atoms with Crippen LogP contribution in [0.3, 0.4) is 0 Å². The van der Waals surface area contributed by atoms with Gasteiger partial charge in [0.25, 0.3) is 0 Å². The van der Waals surface area contributed by atoms with E-state index < -0.39 is 6.04 Å². The first kappa shape index (κ1) is 19.7. The van der Waals surface area contributed by atoms with Crippen molar-refractivity contribution in [1.29, 1.82) is 0 Å². The van der Waals surface area contributed by atoms with E-state index in [9.17, 15) is 4.79 Å². The van der Waals surface area contributed by atoms with Gasteiger partial charge < -0.3 is 20.8 Å². The van der Waals surface area contributed by atoms with Crippen LogP contribution in [0.5, 0.6) is 0 Å². The van der Waals surface area contributed by atoms with Gasteiger partial charge in [-0.2, -0.15) is 0 Å². The highest BCUT2D eigenvalue weighted by Gasteiger charge is 2.24. The number of esters is 1. The number of aromatic amines is 1. The van der Waals surface area contributed by atoms with Crippen LogP contribution in [0.4, 0.5) is 5.69 Å². The molecule has 3 aromatic carbocycles. The normalized spacial score (nSPS) is 11.9. The molecule has 1 aromatic heterocycles. The van der Waals surface area contributed by atoms with E-state index in [0.717, 1.165) is 33.4 Å². The van der Waals surface area contributed by atoms with Crippen LogP contribution in [0, 0.1) is 0 Å². The molecule has 5 heteroatoms. The van der Waals surface area contributed by atoms with Crippen LogP contribution in [0.1, 0.15) is 5.56 Å². The third-order valence-corrected chi connectivity index (χ3v) is 5.02. The van der Waals surface area contributed by atoms with Gasteiger partial charge in [0.1, 0.15) is 12.6 Å². The van der Waals surface area contributed by atoms with E-state index in [-0.39, 0.29) is 12.6 Å². The molecule has 0 saturated heterocycles. The number of fused-ring (bicyclic) bond motifs is 1. The van der Waals surface area contributed by atoms with Gasteiger partial charge in [-0.3, -0.25) is 0 Å². The van der Waals surface area contributed by atoms with Crippen molar-refractivity contribution >= 4 is 22.6 Å². The largest absolute Gasteiger partial charge is 0.463 e. The molecule has 4 aromatic rings. The Kier molecular flexibility index (Phi) is 6.11. The Labute approximate surface area is 175 Å². The van der Waals surface area contributed by atoms with Crippen molar-refractivity contribution in [2.45, 2.75) is 12.5 Å². The third kappa shape index (κ3) is 4.36. The predicted molar refractivity (Wildman–Crippen MR) is 121 cm³/mol. The second-order valence-corrected chi connectivity index (χ2v) is 7.13. The van der Waals surface area contributed by atoms with E-state index >= 15 is 0 Å². The monoisotopic (exact) mass is 399 g/mol. The number of aromatic nitrogens is 1. The van der Waals surface area contributed by atoms with Gasteiger partial charge in [-0.05, 0) is 11.6 Å². The van der Waals surface area contributed by atoms with Crippen LogP contribution in [0.2, 0.25) is 0 Å². The standard InChI is InChI=1S/C25H25N3O2/c26-15-16-30-25(29)22(17-18-9-3-1-4-10-18)28-24-20-13-7-8-14-21(20)27-23(24)19-11-5-2-6-12-19/h1-14,22,27-28H,15-17,26H2/t22-/m0/s1. The average Bonchev–Trinajstić information content (AvgIpc) is 3.17. The topological polar surface area (TPSA) is 80.1 Å². The Morgan fingerprint density at radius 1 is 0.933 bits per heavy atom. The molecule has 0 aliphatic heterocycles. The molecule has 0 radical (unpaired) electrons. The Morgan fingerprint density at radius 2 is 1.60 bits per heavy atom. The summed E-state index contributed by atoms with van der Waals surface area (Å²) in [6.07, 6.45) is 0.512. The van der Waals surface area contributed by atoms with Crippen molar-refractivity contribution in [3.8, 4) is 11.3 Å². The molecule has 0 amide bonds. The van der Waals surface area contributed by atoms with Gasteiger partial charge in [-0.1, -0.05) is 78.9 Å². The predicted octanol–water partition coefficient (Wildman–Crippen LogP) is 4.36. The zero-order chi connectivity index (χ0) is 20.8. The van der Waals surface area contributed by atoms with Crippen LogP contribution in [0.25, 0.3) is 22.2 Å². The van der Waals surface area contributed by atoms with Crippen molar-refractivity contribution in [2.24, 2.45) is 5.73 Å². The molecule has 0 spiro atoms. The van der Waals surface area contributed by atoms with Gasteiger partial charge in [0.05, 0.1) is 11.4 Å². The molecule has 5 nitrogen and oxygen atoms in total. The smallest absolute Gasteiger partial charge is 0.328 e. The maximum Gasteiger partial charge on any atom is 0.328 e. The van der Waals surface area contributed by atoms with Gasteiger partial charge in [-0.15, -0.1) is 0 Å². The number of ether oxygens (including phenoxy) is 1. The first-order chi connectivity index (χ1) is 14.8. The number of carbonyl (C=O) groups excluding carboxylic acids is 1. The molecule has 4 N–H and O–H groups in total. The molecule has 4 rings (SSSR count). The highest BCUT2D eigenvalue weighted by atomic mass is 16.5. The van der Waals surface area contributed by atoms with Gasteiger partial charge in [0.2, 0.25) is 0 Å². The highest BCUT2D eigenvalue weighted by molar-refractivity contribution is 6.02. The van der Waals surface area contributed by atoms with E-state index in [0.29, 0.717) is 13.0 Å². The third-order valence-electron chi connectivity index (χ3n) is 5.02. The number of nitrogens with two attached hydrogens (primary N) is 1. The van der Waals surface area contributed by atoms with E-state index in [1.165, 1.54) is 0 Å². The minimum atomic E-state index is -0.541. The molecule has 0 bridgehead atoms. The SMILES string of the molecule is NCCOC(=O)[C@H](Cc1ccccc1)Nc1c(-c2ccccc2)[nH]c2ccccc12. The lowest BCUT2D eigenvalue weighted by Gasteiger charge is -2.20. The zero-order valence-corrected chi connectivity index (χ0v) is 16.7.